The molecule has 0 bridgehead atoms. The number of hydrogen-bond donors (Lipinski definition) is 0. The Morgan fingerprint density at radius 1 is 1.17 bits per heavy atom. The number of nitrogens with zero attached hydrogens (tertiary/aromatic N) is 3. The fourth-order valence-corrected chi connectivity index (χ4v) is 2.70. The smallest absolute Gasteiger partial charge is 0.332 e. The van der Waals surface area contributed by atoms with Gasteiger partial charge in [0.05, 0.1) is 13.2 Å². The summed E-state index contributed by atoms with van der Waals surface area (Å²) in [6, 6.07) is 8.64. The van der Waals surface area contributed by atoms with E-state index in [4.69, 9.17) is 16.3 Å². The van der Waals surface area contributed by atoms with Crippen LogP contribution in [0.3, 0.4) is 0 Å². The van der Waals surface area contributed by atoms with Crippen molar-refractivity contribution in [2.75, 3.05) is 6.61 Å². The van der Waals surface area contributed by atoms with Gasteiger partial charge in [-0.2, -0.15) is 0 Å². The van der Waals surface area contributed by atoms with Gasteiger partial charge in [-0.3, -0.25) is 13.9 Å². The molecule has 24 heavy (non-hydrogen) atoms. The van der Waals surface area contributed by atoms with Gasteiger partial charge in [-0.25, -0.2) is 9.78 Å². The summed E-state index contributed by atoms with van der Waals surface area (Å²) in [4.78, 5) is 29.6. The highest BCUT2D eigenvalue weighted by Crippen LogP contribution is 2.19. The van der Waals surface area contributed by atoms with Crippen LogP contribution in [0.5, 0.6) is 5.75 Å². The average Bonchev–Trinajstić information content (AvgIpc) is 2.58. The molecule has 2 heterocycles. The summed E-state index contributed by atoms with van der Waals surface area (Å²) >= 11 is 5.88. The normalized spacial score (nSPS) is 11.0. The van der Waals surface area contributed by atoms with Crippen LogP contribution < -0.4 is 16.0 Å². The minimum Gasteiger partial charge on any atom is -0.493 e. The predicted molar refractivity (Wildman–Crippen MR) is 93.0 cm³/mol. The number of ether oxygens (including phenoxy) is 1. The van der Waals surface area contributed by atoms with Crippen LogP contribution in [-0.4, -0.2) is 20.7 Å². The number of aryl methyl sites for hydroxylation is 1. The Kier molecular flexibility index (Phi) is 4.40. The molecular weight excluding hydrogens is 330 g/mol. The lowest BCUT2D eigenvalue weighted by Crippen LogP contribution is -2.39. The molecule has 0 spiro atoms. The van der Waals surface area contributed by atoms with Crippen molar-refractivity contribution < 1.29 is 4.74 Å². The average molecular weight is 346 g/mol. The number of fused-ring (bicyclic) bond motifs is 1. The van der Waals surface area contributed by atoms with Gasteiger partial charge in [-0.1, -0.05) is 23.7 Å². The van der Waals surface area contributed by atoms with Crippen LogP contribution in [-0.2, 0) is 13.6 Å². The van der Waals surface area contributed by atoms with Crippen LogP contribution >= 0.6 is 11.6 Å². The Hall–Kier alpha value is -2.60. The largest absolute Gasteiger partial charge is 0.493 e. The van der Waals surface area contributed by atoms with E-state index < -0.39 is 11.2 Å². The van der Waals surface area contributed by atoms with Gasteiger partial charge in [0.25, 0.3) is 5.56 Å². The molecule has 2 aromatic heterocycles. The van der Waals surface area contributed by atoms with Crippen molar-refractivity contribution in [3.63, 3.8) is 0 Å². The van der Waals surface area contributed by atoms with Crippen molar-refractivity contribution in [2.24, 2.45) is 7.05 Å². The Balaban J connectivity index is 2.24. The molecule has 0 saturated carbocycles. The monoisotopic (exact) mass is 345 g/mol. The highest BCUT2D eigenvalue weighted by Gasteiger charge is 2.16. The molecule has 0 amide bonds. The fourth-order valence-electron chi connectivity index (χ4n) is 2.57. The summed E-state index contributed by atoms with van der Waals surface area (Å²) in [5, 5.41) is 0.899. The fraction of sp³-hybridized carbons (Fsp3) is 0.235. The van der Waals surface area contributed by atoms with E-state index in [1.807, 2.05) is 6.92 Å². The van der Waals surface area contributed by atoms with Crippen molar-refractivity contribution in [3.05, 3.63) is 68.0 Å². The molecule has 0 N–H and O–H groups in total. The molecule has 3 aromatic rings. The van der Waals surface area contributed by atoms with Crippen molar-refractivity contribution >= 4 is 22.6 Å². The zero-order valence-electron chi connectivity index (χ0n) is 13.3. The molecule has 124 valence electrons. The lowest BCUT2D eigenvalue weighted by Gasteiger charge is -2.12. The summed E-state index contributed by atoms with van der Waals surface area (Å²) in [5.41, 5.74) is 0.270. The van der Waals surface area contributed by atoms with Crippen LogP contribution in [0.1, 0.15) is 12.5 Å². The first-order valence-corrected chi connectivity index (χ1v) is 7.86. The van der Waals surface area contributed by atoms with E-state index in [9.17, 15) is 9.59 Å². The molecule has 0 aliphatic carbocycles. The van der Waals surface area contributed by atoms with E-state index in [0.29, 0.717) is 28.4 Å². The van der Waals surface area contributed by atoms with E-state index in [0.717, 1.165) is 5.56 Å². The minimum absolute atomic E-state index is 0.152. The molecule has 6 nitrogen and oxygen atoms in total. The van der Waals surface area contributed by atoms with Crippen molar-refractivity contribution in [1.82, 2.24) is 14.1 Å². The van der Waals surface area contributed by atoms with E-state index in [1.165, 1.54) is 15.3 Å². The van der Waals surface area contributed by atoms with Gasteiger partial charge < -0.3 is 4.74 Å². The van der Waals surface area contributed by atoms with E-state index in [-0.39, 0.29) is 6.54 Å². The second kappa shape index (κ2) is 6.49. The highest BCUT2D eigenvalue weighted by molar-refractivity contribution is 6.30. The third-order valence-electron chi connectivity index (χ3n) is 3.74. The van der Waals surface area contributed by atoms with E-state index in [2.05, 4.69) is 4.98 Å². The van der Waals surface area contributed by atoms with Gasteiger partial charge in [0.2, 0.25) is 0 Å². The van der Waals surface area contributed by atoms with E-state index >= 15 is 0 Å². The van der Waals surface area contributed by atoms with Crippen molar-refractivity contribution in [2.45, 2.75) is 13.5 Å². The molecule has 0 aliphatic heterocycles. The first-order chi connectivity index (χ1) is 11.5. The second-order valence-electron chi connectivity index (χ2n) is 5.30. The quantitative estimate of drug-likeness (QED) is 0.727. The third kappa shape index (κ3) is 2.80. The van der Waals surface area contributed by atoms with E-state index in [1.54, 1.807) is 37.4 Å². The van der Waals surface area contributed by atoms with Crippen LogP contribution in [0.25, 0.3) is 11.0 Å². The van der Waals surface area contributed by atoms with Gasteiger partial charge >= 0.3 is 5.69 Å². The summed E-state index contributed by atoms with van der Waals surface area (Å²) in [5.74, 6) is 0.424. The summed E-state index contributed by atoms with van der Waals surface area (Å²) in [6.07, 6.45) is 1.52. The number of benzene rings is 1. The SMILES string of the molecule is CCOc1ccnc2c1c(=O)n(Cc1ccc(Cl)cc1)c(=O)n2C. The molecule has 0 saturated heterocycles. The zero-order chi connectivity index (χ0) is 17.3. The lowest BCUT2D eigenvalue weighted by atomic mass is 10.2. The van der Waals surface area contributed by atoms with Gasteiger partial charge in [0.1, 0.15) is 11.1 Å². The molecule has 0 radical (unpaired) electrons. The molecule has 3 rings (SSSR count). The summed E-state index contributed by atoms with van der Waals surface area (Å²) < 4.78 is 8.06. The van der Waals surface area contributed by atoms with Gasteiger partial charge in [0, 0.05) is 18.3 Å². The first-order valence-electron chi connectivity index (χ1n) is 7.48. The summed E-state index contributed by atoms with van der Waals surface area (Å²) in [6.45, 7) is 2.40. The molecule has 0 fully saturated rings. The van der Waals surface area contributed by atoms with Gasteiger partial charge in [-0.05, 0) is 30.7 Å². The second-order valence-corrected chi connectivity index (χ2v) is 5.74. The Labute approximate surface area is 142 Å². The zero-order valence-corrected chi connectivity index (χ0v) is 14.1. The number of aromatic nitrogens is 3. The molecule has 0 atom stereocenters. The van der Waals surface area contributed by atoms with Gasteiger partial charge in [-0.15, -0.1) is 0 Å². The first kappa shape index (κ1) is 16.3. The number of halogens is 1. The maximum Gasteiger partial charge on any atom is 0.332 e. The predicted octanol–water partition coefficient (Wildman–Crippen LogP) is 2.20. The molecule has 0 aliphatic rings. The molecular formula is C17H16ClN3O3. The molecule has 0 unspecified atom stereocenters. The Morgan fingerprint density at radius 3 is 2.54 bits per heavy atom. The van der Waals surface area contributed by atoms with Gasteiger partial charge in [0.15, 0.2) is 5.65 Å². The third-order valence-corrected chi connectivity index (χ3v) is 3.99. The minimum atomic E-state index is -0.427. The van der Waals surface area contributed by atoms with Crippen LogP contribution in [0, 0.1) is 0 Å². The maximum atomic E-state index is 12.9. The number of pyridine rings is 1. The number of hydrogen-bond acceptors (Lipinski definition) is 4. The summed E-state index contributed by atoms with van der Waals surface area (Å²) in [7, 11) is 1.59. The van der Waals surface area contributed by atoms with Crippen molar-refractivity contribution in [1.29, 1.82) is 0 Å². The standard InChI is InChI=1S/C17H16ClN3O3/c1-3-24-13-8-9-19-15-14(13)16(22)21(17(23)20(15)2)10-11-4-6-12(18)7-5-11/h4-9H,3,10H2,1-2H3. The maximum absolute atomic E-state index is 12.9. The van der Waals surface area contributed by atoms with Crippen LogP contribution in [0.4, 0.5) is 0 Å². The topological polar surface area (TPSA) is 66.1 Å². The Morgan fingerprint density at radius 2 is 1.88 bits per heavy atom. The molecule has 7 heteroatoms. The highest BCUT2D eigenvalue weighted by atomic mass is 35.5. The number of rotatable bonds is 4. The van der Waals surface area contributed by atoms with Crippen LogP contribution in [0.15, 0.2) is 46.1 Å². The van der Waals surface area contributed by atoms with Crippen molar-refractivity contribution in [3.8, 4) is 5.75 Å². The molecule has 1 aromatic carbocycles. The van der Waals surface area contributed by atoms with Crippen LogP contribution in [0.2, 0.25) is 5.02 Å². The Bertz CT molecular complexity index is 1010. The lowest BCUT2D eigenvalue weighted by molar-refractivity contribution is 0.343.